The number of sulfonamides is 1. The van der Waals surface area contributed by atoms with Gasteiger partial charge in [-0.3, -0.25) is 18.8 Å². The van der Waals surface area contributed by atoms with E-state index in [0.717, 1.165) is 4.57 Å². The van der Waals surface area contributed by atoms with Crippen molar-refractivity contribution in [1.82, 2.24) is 18.3 Å². The Balaban J connectivity index is 1.40. The van der Waals surface area contributed by atoms with Crippen LogP contribution in [0.5, 0.6) is 0 Å². The third-order valence-electron chi connectivity index (χ3n) is 6.94. The van der Waals surface area contributed by atoms with Gasteiger partial charge in [0, 0.05) is 58.6 Å². The molecule has 1 saturated carbocycles. The minimum Gasteiger partial charge on any atom is -0.299 e. The maximum Gasteiger partial charge on any atom is 0.330 e. The van der Waals surface area contributed by atoms with E-state index >= 15 is 0 Å². The molecule has 1 aromatic carbocycles. The van der Waals surface area contributed by atoms with E-state index in [-0.39, 0.29) is 11.2 Å². The molecule has 0 atom stereocenters. The van der Waals surface area contributed by atoms with Crippen molar-refractivity contribution in [2.75, 3.05) is 26.2 Å². The lowest BCUT2D eigenvalue weighted by molar-refractivity contribution is 0.177. The number of benzene rings is 1. The number of hydrogen-bond donors (Lipinski definition) is 0. The topological polar surface area (TPSA) is 84.6 Å². The van der Waals surface area contributed by atoms with Gasteiger partial charge in [0.25, 0.3) is 5.56 Å². The van der Waals surface area contributed by atoms with Gasteiger partial charge >= 0.3 is 5.69 Å². The highest BCUT2D eigenvalue weighted by atomic mass is 32.2. The summed E-state index contributed by atoms with van der Waals surface area (Å²) >= 11 is 0. The summed E-state index contributed by atoms with van der Waals surface area (Å²) in [7, 11) is -0.429. The molecule has 174 valence electrons. The van der Waals surface area contributed by atoms with Crippen LogP contribution in [0.3, 0.4) is 0 Å². The predicted octanol–water partition coefficient (Wildman–Crippen LogP) is 1.64. The van der Waals surface area contributed by atoms with Crippen LogP contribution in [0.25, 0.3) is 0 Å². The highest BCUT2D eigenvalue weighted by molar-refractivity contribution is 7.89. The second-order valence-corrected chi connectivity index (χ2v) is 10.9. The zero-order valence-electron chi connectivity index (χ0n) is 18.9. The maximum atomic E-state index is 13.1. The minimum absolute atomic E-state index is 0.332. The van der Waals surface area contributed by atoms with E-state index in [4.69, 9.17) is 0 Å². The third-order valence-corrected chi connectivity index (χ3v) is 8.85. The highest BCUT2D eigenvalue weighted by Gasteiger charge is 2.29. The molecular formula is C23H32N4O4S. The summed E-state index contributed by atoms with van der Waals surface area (Å²) in [6.45, 7) is 2.29. The molecule has 0 unspecified atom stereocenters. The van der Waals surface area contributed by atoms with Gasteiger partial charge in [0.15, 0.2) is 0 Å². The Kier molecular flexibility index (Phi) is 6.69. The van der Waals surface area contributed by atoms with Crippen LogP contribution >= 0.6 is 0 Å². The largest absolute Gasteiger partial charge is 0.330 e. The summed E-state index contributed by atoms with van der Waals surface area (Å²) in [6, 6.07) is 8.94. The van der Waals surface area contributed by atoms with Gasteiger partial charge in [-0.25, -0.2) is 13.2 Å². The van der Waals surface area contributed by atoms with Gasteiger partial charge < -0.3 is 0 Å². The zero-order valence-corrected chi connectivity index (χ0v) is 19.7. The lowest BCUT2D eigenvalue weighted by Crippen LogP contribution is -2.49. The molecule has 0 spiro atoms. The van der Waals surface area contributed by atoms with E-state index in [2.05, 4.69) is 4.90 Å². The van der Waals surface area contributed by atoms with Crippen molar-refractivity contribution in [3.63, 3.8) is 0 Å². The number of rotatable bonds is 5. The third kappa shape index (κ3) is 4.60. The van der Waals surface area contributed by atoms with Gasteiger partial charge in [-0.1, -0.05) is 31.4 Å². The summed E-state index contributed by atoms with van der Waals surface area (Å²) in [5, 5.41) is 0. The van der Waals surface area contributed by atoms with Gasteiger partial charge in [-0.15, -0.1) is 0 Å². The standard InChI is InChI=1S/C23H32N4O4S/c1-24-20(16-22(28)25(2)23(24)29)17-26-12-14-27(15-13-26)32(30,31)21-10-8-19(9-11-21)18-6-4-3-5-7-18/h8-11,16,18H,3-7,12-15,17H2,1-2H3. The van der Waals surface area contributed by atoms with Crippen molar-refractivity contribution in [2.45, 2.75) is 49.5 Å². The van der Waals surface area contributed by atoms with Crippen molar-refractivity contribution in [1.29, 1.82) is 0 Å². The summed E-state index contributed by atoms with van der Waals surface area (Å²) in [4.78, 5) is 26.5. The zero-order chi connectivity index (χ0) is 22.9. The Bertz CT molecular complexity index is 1170. The SMILES string of the molecule is Cn1c(CN2CCN(S(=O)(=O)c3ccc(C4CCCCC4)cc3)CC2)cc(=O)n(C)c1=O. The van der Waals surface area contributed by atoms with Crippen LogP contribution in [0.4, 0.5) is 0 Å². The van der Waals surface area contributed by atoms with E-state index in [1.165, 1.54) is 59.7 Å². The smallest absolute Gasteiger partial charge is 0.299 e. The van der Waals surface area contributed by atoms with Gasteiger partial charge in [0.1, 0.15) is 0 Å². The summed E-state index contributed by atoms with van der Waals surface area (Å²) in [5.41, 5.74) is 1.19. The Morgan fingerprint density at radius 2 is 1.50 bits per heavy atom. The van der Waals surface area contributed by atoms with Crippen LogP contribution in [-0.2, 0) is 30.7 Å². The van der Waals surface area contributed by atoms with Crippen LogP contribution < -0.4 is 11.2 Å². The monoisotopic (exact) mass is 460 g/mol. The van der Waals surface area contributed by atoms with Crippen molar-refractivity contribution < 1.29 is 8.42 Å². The van der Waals surface area contributed by atoms with Crippen molar-refractivity contribution in [3.8, 4) is 0 Å². The average molecular weight is 461 g/mol. The highest BCUT2D eigenvalue weighted by Crippen LogP contribution is 2.33. The number of hydrogen-bond acceptors (Lipinski definition) is 5. The first-order chi connectivity index (χ1) is 15.3. The van der Waals surface area contributed by atoms with E-state index in [0.29, 0.717) is 49.2 Å². The van der Waals surface area contributed by atoms with Gasteiger partial charge in [0.2, 0.25) is 10.0 Å². The summed E-state index contributed by atoms with van der Waals surface area (Å²) in [6.07, 6.45) is 6.17. The Hall–Kier alpha value is -2.23. The Morgan fingerprint density at radius 1 is 0.875 bits per heavy atom. The first kappa shape index (κ1) is 22.9. The quantitative estimate of drug-likeness (QED) is 0.677. The Morgan fingerprint density at radius 3 is 2.12 bits per heavy atom. The van der Waals surface area contributed by atoms with E-state index in [1.54, 1.807) is 19.2 Å². The van der Waals surface area contributed by atoms with Gasteiger partial charge in [-0.05, 0) is 36.5 Å². The fraction of sp³-hybridized carbons (Fsp3) is 0.565. The molecule has 0 radical (unpaired) electrons. The number of nitrogens with zero attached hydrogens (tertiary/aromatic N) is 4. The Labute approximate surface area is 189 Å². The molecule has 1 aromatic heterocycles. The van der Waals surface area contributed by atoms with Crippen LogP contribution in [0.2, 0.25) is 0 Å². The van der Waals surface area contributed by atoms with Crippen molar-refractivity contribution >= 4 is 10.0 Å². The average Bonchev–Trinajstić information content (AvgIpc) is 2.82. The molecule has 4 rings (SSSR count). The van der Waals surface area contributed by atoms with Crippen LogP contribution in [0.1, 0.15) is 49.3 Å². The molecule has 1 saturated heterocycles. The van der Waals surface area contributed by atoms with Gasteiger partial charge in [0.05, 0.1) is 4.90 Å². The molecule has 9 heteroatoms. The van der Waals surface area contributed by atoms with E-state index < -0.39 is 10.0 Å². The van der Waals surface area contributed by atoms with Crippen molar-refractivity contribution in [2.24, 2.45) is 14.1 Å². The fourth-order valence-corrected chi connectivity index (χ4v) is 6.21. The first-order valence-electron chi connectivity index (χ1n) is 11.4. The molecule has 0 bridgehead atoms. The lowest BCUT2D eigenvalue weighted by Gasteiger charge is -2.34. The van der Waals surface area contributed by atoms with Gasteiger partial charge in [-0.2, -0.15) is 4.31 Å². The fourth-order valence-electron chi connectivity index (χ4n) is 4.78. The lowest BCUT2D eigenvalue weighted by atomic mass is 9.84. The molecule has 2 aliphatic rings. The number of piperazine rings is 1. The molecule has 2 aromatic rings. The van der Waals surface area contributed by atoms with Crippen LogP contribution in [-0.4, -0.2) is 52.9 Å². The van der Waals surface area contributed by atoms with Crippen molar-refractivity contribution in [3.05, 3.63) is 62.4 Å². The molecule has 1 aliphatic heterocycles. The molecule has 0 N–H and O–H groups in total. The van der Waals surface area contributed by atoms with E-state index in [1.807, 2.05) is 12.1 Å². The maximum absolute atomic E-state index is 13.1. The molecule has 0 amide bonds. The molecule has 2 heterocycles. The minimum atomic E-state index is -3.53. The molecule has 2 fully saturated rings. The summed E-state index contributed by atoms with van der Waals surface area (Å²) in [5.74, 6) is 0.551. The molecule has 32 heavy (non-hydrogen) atoms. The molecule has 1 aliphatic carbocycles. The predicted molar refractivity (Wildman–Crippen MR) is 123 cm³/mol. The normalized spacial score (nSPS) is 19.3. The molecular weight excluding hydrogens is 428 g/mol. The van der Waals surface area contributed by atoms with Crippen LogP contribution in [0, 0.1) is 0 Å². The van der Waals surface area contributed by atoms with Crippen LogP contribution in [0.15, 0.2) is 44.8 Å². The first-order valence-corrected chi connectivity index (χ1v) is 12.8. The second-order valence-electron chi connectivity index (χ2n) is 8.96. The summed E-state index contributed by atoms with van der Waals surface area (Å²) < 4.78 is 30.4. The second kappa shape index (κ2) is 9.33. The van der Waals surface area contributed by atoms with E-state index in [9.17, 15) is 18.0 Å². The molecule has 8 nitrogen and oxygen atoms in total. The number of aromatic nitrogens is 2.